The highest BCUT2D eigenvalue weighted by molar-refractivity contribution is 5.40. The number of hydrogen-bond acceptors (Lipinski definition) is 3. The maximum Gasteiger partial charge on any atom is 0.415 e. The van der Waals surface area contributed by atoms with E-state index < -0.39 is 12.3 Å². The van der Waals surface area contributed by atoms with Crippen LogP contribution < -0.4 is 5.73 Å². The largest absolute Gasteiger partial charge is 0.415 e. The van der Waals surface area contributed by atoms with Gasteiger partial charge >= 0.3 is 6.18 Å². The van der Waals surface area contributed by atoms with Gasteiger partial charge in [0.05, 0.1) is 0 Å². The number of rotatable bonds is 3. The van der Waals surface area contributed by atoms with Gasteiger partial charge in [-0.25, -0.2) is 0 Å². The van der Waals surface area contributed by atoms with Gasteiger partial charge in [-0.2, -0.15) is 13.2 Å². The summed E-state index contributed by atoms with van der Waals surface area (Å²) in [6.45, 7) is 0.808. The highest BCUT2D eigenvalue weighted by Crippen LogP contribution is 2.29. The predicted molar refractivity (Wildman–Crippen MR) is 71.3 cm³/mol. The second-order valence-electron chi connectivity index (χ2n) is 5.30. The minimum atomic E-state index is -4.53. The Bertz CT molecular complexity index is 425. The lowest BCUT2D eigenvalue weighted by Crippen LogP contribution is -2.43. The van der Waals surface area contributed by atoms with Crippen molar-refractivity contribution in [2.24, 2.45) is 0 Å². The second-order valence-corrected chi connectivity index (χ2v) is 5.30. The van der Waals surface area contributed by atoms with Crippen molar-refractivity contribution in [3.8, 4) is 0 Å². The van der Waals surface area contributed by atoms with Crippen LogP contribution in [0, 0.1) is 0 Å². The third-order valence-electron chi connectivity index (χ3n) is 3.80. The predicted octanol–water partition coefficient (Wildman–Crippen LogP) is 2.37. The first kappa shape index (κ1) is 15.1. The molecule has 1 fully saturated rings. The Kier molecular flexibility index (Phi) is 4.55. The van der Waals surface area contributed by atoms with Crippen LogP contribution in [-0.2, 0) is 0 Å². The maximum atomic E-state index is 12.3. The van der Waals surface area contributed by atoms with Crippen LogP contribution in [0.4, 0.5) is 18.9 Å². The fourth-order valence-electron chi connectivity index (χ4n) is 2.57. The molecule has 0 aliphatic carbocycles. The number of nitrogens with zero attached hydrogens (tertiary/aromatic N) is 1. The number of benzene rings is 1. The summed E-state index contributed by atoms with van der Waals surface area (Å²) in [5.41, 5.74) is 7.52. The fraction of sp³-hybridized carbons (Fsp3) is 0.571. The molecule has 0 amide bonds. The highest BCUT2D eigenvalue weighted by atomic mass is 19.4. The number of hydrogen-bond donors (Lipinski definition) is 2. The summed E-state index contributed by atoms with van der Waals surface area (Å²) in [5, 5.41) is 9.07. The van der Waals surface area contributed by atoms with Gasteiger partial charge in [-0.3, -0.25) is 0 Å². The van der Waals surface area contributed by atoms with Gasteiger partial charge in [-0.05, 0) is 49.5 Å². The standard InChI is InChI=1S/C14H19F3N2O/c15-14(16,17)13(20)9-19-7-5-11(6-8-19)10-1-3-12(18)4-2-10/h1-4,11,13,20H,5-9,18H2. The van der Waals surface area contributed by atoms with Gasteiger partial charge in [-0.15, -0.1) is 0 Å². The topological polar surface area (TPSA) is 49.5 Å². The van der Waals surface area contributed by atoms with Crippen LogP contribution in [0.1, 0.15) is 24.3 Å². The van der Waals surface area contributed by atoms with E-state index in [-0.39, 0.29) is 6.54 Å². The van der Waals surface area contributed by atoms with Gasteiger partial charge in [0.25, 0.3) is 0 Å². The number of alkyl halides is 3. The molecule has 0 bridgehead atoms. The Labute approximate surface area is 116 Å². The molecule has 0 radical (unpaired) electrons. The van der Waals surface area contributed by atoms with Crippen molar-refractivity contribution in [3.63, 3.8) is 0 Å². The van der Waals surface area contributed by atoms with Crippen LogP contribution in [0.5, 0.6) is 0 Å². The molecule has 0 aromatic heterocycles. The van der Waals surface area contributed by atoms with Gasteiger partial charge in [0.1, 0.15) is 0 Å². The fourth-order valence-corrected chi connectivity index (χ4v) is 2.57. The SMILES string of the molecule is Nc1ccc(C2CCN(CC(O)C(F)(F)F)CC2)cc1. The van der Waals surface area contributed by atoms with Crippen LogP contribution in [-0.4, -0.2) is 41.9 Å². The number of nitrogen functional groups attached to an aromatic ring is 1. The summed E-state index contributed by atoms with van der Waals surface area (Å²) < 4.78 is 36.9. The van der Waals surface area contributed by atoms with Crippen molar-refractivity contribution in [2.75, 3.05) is 25.4 Å². The number of aliphatic hydroxyl groups is 1. The minimum absolute atomic E-state index is 0.335. The number of nitrogens with two attached hydrogens (primary N) is 1. The van der Waals surface area contributed by atoms with E-state index in [0.29, 0.717) is 24.7 Å². The third kappa shape index (κ3) is 3.86. The zero-order valence-corrected chi connectivity index (χ0v) is 11.1. The number of β-amino-alcohol motifs (C(OH)–C–C–N with tert-alkyl or cyclic N) is 1. The van der Waals surface area contributed by atoms with Gasteiger partial charge in [-0.1, -0.05) is 12.1 Å². The maximum absolute atomic E-state index is 12.3. The molecule has 2 rings (SSSR count). The first-order chi connectivity index (χ1) is 9.36. The van der Waals surface area contributed by atoms with Crippen molar-refractivity contribution in [3.05, 3.63) is 29.8 Å². The molecule has 1 atom stereocenters. The van der Waals surface area contributed by atoms with Crippen molar-refractivity contribution in [1.82, 2.24) is 4.90 Å². The molecular weight excluding hydrogens is 269 g/mol. The Morgan fingerprint density at radius 2 is 1.75 bits per heavy atom. The average Bonchev–Trinajstić information content (AvgIpc) is 2.39. The number of aliphatic hydroxyl groups excluding tert-OH is 1. The van der Waals surface area contributed by atoms with Crippen LogP contribution in [0.3, 0.4) is 0 Å². The quantitative estimate of drug-likeness (QED) is 0.840. The normalized spacial score (nSPS) is 20.0. The first-order valence-corrected chi connectivity index (χ1v) is 6.69. The molecule has 1 unspecified atom stereocenters. The average molecular weight is 288 g/mol. The number of piperidine rings is 1. The van der Waals surface area contributed by atoms with Crippen molar-refractivity contribution in [1.29, 1.82) is 0 Å². The molecule has 0 saturated carbocycles. The van der Waals surface area contributed by atoms with Crippen LogP contribution >= 0.6 is 0 Å². The van der Waals surface area contributed by atoms with Crippen LogP contribution in [0.2, 0.25) is 0 Å². The molecule has 1 heterocycles. The lowest BCUT2D eigenvalue weighted by atomic mass is 9.89. The highest BCUT2D eigenvalue weighted by Gasteiger charge is 2.39. The van der Waals surface area contributed by atoms with Gasteiger partial charge in [0, 0.05) is 12.2 Å². The Hall–Kier alpha value is -1.27. The molecule has 3 nitrogen and oxygen atoms in total. The van der Waals surface area contributed by atoms with E-state index in [4.69, 9.17) is 10.8 Å². The molecule has 0 spiro atoms. The summed E-state index contributed by atoms with van der Waals surface area (Å²) in [6.07, 6.45) is -5.19. The van der Waals surface area contributed by atoms with E-state index in [9.17, 15) is 13.2 Å². The molecule has 20 heavy (non-hydrogen) atoms. The number of anilines is 1. The van der Waals surface area contributed by atoms with E-state index in [1.165, 1.54) is 5.56 Å². The summed E-state index contributed by atoms with van der Waals surface area (Å²) in [6, 6.07) is 7.63. The summed E-state index contributed by atoms with van der Waals surface area (Å²) >= 11 is 0. The summed E-state index contributed by atoms with van der Waals surface area (Å²) in [7, 11) is 0. The molecule has 1 aromatic rings. The molecular formula is C14H19F3N2O. The lowest BCUT2D eigenvalue weighted by molar-refractivity contribution is -0.208. The van der Waals surface area contributed by atoms with E-state index >= 15 is 0 Å². The van der Waals surface area contributed by atoms with Crippen molar-refractivity contribution >= 4 is 5.69 Å². The first-order valence-electron chi connectivity index (χ1n) is 6.69. The van der Waals surface area contributed by atoms with Gasteiger partial charge in [0.2, 0.25) is 0 Å². The van der Waals surface area contributed by atoms with Gasteiger partial charge < -0.3 is 15.7 Å². The van der Waals surface area contributed by atoms with Crippen molar-refractivity contribution < 1.29 is 18.3 Å². The molecule has 1 saturated heterocycles. The molecule has 112 valence electrons. The molecule has 1 aliphatic rings. The Balaban J connectivity index is 1.85. The summed E-state index contributed by atoms with van der Waals surface area (Å²) in [5.74, 6) is 0.356. The second kappa shape index (κ2) is 6.01. The monoisotopic (exact) mass is 288 g/mol. The van der Waals surface area contributed by atoms with Crippen molar-refractivity contribution in [2.45, 2.75) is 31.0 Å². The lowest BCUT2D eigenvalue weighted by Gasteiger charge is -2.33. The zero-order chi connectivity index (χ0) is 14.8. The number of likely N-dealkylation sites (tertiary alicyclic amines) is 1. The molecule has 1 aliphatic heterocycles. The summed E-state index contributed by atoms with van der Waals surface area (Å²) in [4.78, 5) is 1.67. The number of halogens is 3. The Morgan fingerprint density at radius 1 is 1.20 bits per heavy atom. The molecule has 3 N–H and O–H groups in total. The van der Waals surface area contributed by atoms with Crippen LogP contribution in [0.15, 0.2) is 24.3 Å². The molecule has 6 heteroatoms. The van der Waals surface area contributed by atoms with Crippen LogP contribution in [0.25, 0.3) is 0 Å². The third-order valence-corrected chi connectivity index (χ3v) is 3.80. The van der Waals surface area contributed by atoms with E-state index in [1.807, 2.05) is 24.3 Å². The van der Waals surface area contributed by atoms with E-state index in [2.05, 4.69) is 0 Å². The Morgan fingerprint density at radius 3 is 2.25 bits per heavy atom. The smallest absolute Gasteiger partial charge is 0.399 e. The van der Waals surface area contributed by atoms with Gasteiger partial charge in [0.15, 0.2) is 6.10 Å². The van der Waals surface area contributed by atoms with E-state index in [1.54, 1.807) is 4.90 Å². The zero-order valence-electron chi connectivity index (χ0n) is 11.1. The minimum Gasteiger partial charge on any atom is -0.399 e. The molecule has 1 aromatic carbocycles. The van der Waals surface area contributed by atoms with E-state index in [0.717, 1.165) is 12.8 Å².